The molecule has 2 aliphatic rings. The Hall–Kier alpha value is -2.67. The summed E-state index contributed by atoms with van der Waals surface area (Å²) in [5, 5.41) is 6.08. The largest absolute Gasteiger partial charge is 0.300 e. The molecule has 0 spiro atoms. The van der Waals surface area contributed by atoms with Gasteiger partial charge in [0.25, 0.3) is 0 Å². The fourth-order valence-electron chi connectivity index (χ4n) is 6.18. The maximum absolute atomic E-state index is 4.99. The lowest BCUT2D eigenvalue weighted by Crippen LogP contribution is -2.37. The van der Waals surface area contributed by atoms with Gasteiger partial charge in [0.15, 0.2) is 5.65 Å². The van der Waals surface area contributed by atoms with Crippen LogP contribution in [0.2, 0.25) is 0 Å². The number of rotatable bonds is 7. The third kappa shape index (κ3) is 5.97. The summed E-state index contributed by atoms with van der Waals surface area (Å²) in [6, 6.07) is 18.6. The third-order valence-corrected chi connectivity index (χ3v) is 10.2. The van der Waals surface area contributed by atoms with E-state index in [1.54, 1.807) is 0 Å². The van der Waals surface area contributed by atoms with Crippen molar-refractivity contribution in [3.63, 3.8) is 0 Å². The van der Waals surface area contributed by atoms with Crippen molar-refractivity contribution in [3.05, 3.63) is 89.6 Å². The topological polar surface area (TPSA) is 46.3 Å². The van der Waals surface area contributed by atoms with Crippen LogP contribution in [0.5, 0.6) is 0 Å². The van der Waals surface area contributed by atoms with E-state index in [9.17, 15) is 0 Å². The van der Waals surface area contributed by atoms with Crippen molar-refractivity contribution in [3.8, 4) is 22.4 Å². The fraction of sp³-hybridized carbons (Fsp3) is 0.324. The minimum atomic E-state index is 0. The van der Waals surface area contributed by atoms with E-state index in [4.69, 9.17) is 10.1 Å². The van der Waals surface area contributed by atoms with Crippen molar-refractivity contribution < 1.29 is 0 Å². The van der Waals surface area contributed by atoms with Crippen LogP contribution in [0.4, 0.5) is 0 Å². The van der Waals surface area contributed by atoms with Crippen LogP contribution >= 0.6 is 28.4 Å². The van der Waals surface area contributed by atoms with Gasteiger partial charge in [-0.25, -0.2) is 9.44 Å². The monoisotopic (exact) mass is 675 g/mol. The lowest BCUT2D eigenvalue weighted by atomic mass is 9.86. The molecule has 0 radical (unpaired) electrons. The summed E-state index contributed by atoms with van der Waals surface area (Å²) in [4.78, 5) is 12.2. The van der Waals surface area contributed by atoms with Gasteiger partial charge in [0, 0.05) is 40.5 Å². The SMILES string of the molecule is C.C=C/C(C)=C(\N=CC)c1ccc(-c2nn(PI)c3ncc(-c4ccc5c(c4)CCC(N4CCCC4)C5)cc23)cc1. The van der Waals surface area contributed by atoms with Gasteiger partial charge in [-0.15, -0.1) is 0 Å². The molecule has 1 fully saturated rings. The zero-order valence-electron chi connectivity index (χ0n) is 23.2. The number of allylic oxidation sites excluding steroid dienone is 2. The molecule has 5 nitrogen and oxygen atoms in total. The van der Waals surface area contributed by atoms with E-state index < -0.39 is 0 Å². The highest BCUT2D eigenvalue weighted by atomic mass is 127. The average Bonchev–Trinajstić information content (AvgIpc) is 3.67. The van der Waals surface area contributed by atoms with E-state index in [2.05, 4.69) is 87.0 Å². The Morgan fingerprint density at radius 2 is 1.80 bits per heavy atom. The first-order valence-corrected chi connectivity index (χ1v) is 18.2. The zero-order chi connectivity index (χ0) is 27.6. The molecule has 1 saturated heterocycles. The minimum absolute atomic E-state index is 0. The van der Waals surface area contributed by atoms with Gasteiger partial charge >= 0.3 is 0 Å². The Morgan fingerprint density at radius 1 is 1.05 bits per heavy atom. The van der Waals surface area contributed by atoms with Crippen LogP contribution in [-0.4, -0.2) is 44.8 Å². The molecule has 0 amide bonds. The Balaban J connectivity index is 0.00000337. The number of aromatic nitrogens is 3. The quantitative estimate of drug-likeness (QED) is 0.0850. The van der Waals surface area contributed by atoms with Gasteiger partial charge in [0.2, 0.25) is 0 Å². The number of nitrogens with zero attached hydrogens (tertiary/aromatic N) is 5. The fourth-order valence-corrected chi connectivity index (χ4v) is 7.59. The van der Waals surface area contributed by atoms with Gasteiger partial charge in [-0.05, 0) is 109 Å². The smallest absolute Gasteiger partial charge is 0.162 e. The number of pyridine rings is 1. The number of hydrogen-bond acceptors (Lipinski definition) is 4. The molecule has 1 aliphatic heterocycles. The van der Waals surface area contributed by atoms with Crippen LogP contribution in [-0.2, 0) is 12.8 Å². The predicted molar refractivity (Wildman–Crippen MR) is 186 cm³/mol. The summed E-state index contributed by atoms with van der Waals surface area (Å²) < 4.78 is 2.02. The lowest BCUT2D eigenvalue weighted by molar-refractivity contribution is 0.222. The second kappa shape index (κ2) is 13.1. The summed E-state index contributed by atoms with van der Waals surface area (Å²) in [7, 11) is 0. The molecule has 2 unspecified atom stereocenters. The number of aliphatic imine (C=N–C) groups is 1. The molecule has 212 valence electrons. The van der Waals surface area contributed by atoms with Gasteiger partial charge in [-0.2, -0.15) is 5.10 Å². The van der Waals surface area contributed by atoms with Crippen LogP contribution in [0.25, 0.3) is 39.1 Å². The third-order valence-electron chi connectivity index (χ3n) is 8.37. The van der Waals surface area contributed by atoms with Crippen molar-refractivity contribution >= 4 is 51.4 Å². The number of aryl methyl sites for hydroxylation is 1. The molecule has 2 aromatic heterocycles. The van der Waals surface area contributed by atoms with Gasteiger partial charge in [-0.1, -0.05) is 62.5 Å². The second-order valence-electron chi connectivity index (χ2n) is 10.8. The van der Waals surface area contributed by atoms with Crippen LogP contribution in [0.1, 0.15) is 57.2 Å². The van der Waals surface area contributed by atoms with Crippen molar-refractivity contribution in [2.24, 2.45) is 4.99 Å². The van der Waals surface area contributed by atoms with Crippen molar-refractivity contribution in [2.75, 3.05) is 13.1 Å². The normalized spacial score (nSPS) is 18.2. The Bertz CT molecular complexity index is 1610. The average molecular weight is 676 g/mol. The van der Waals surface area contributed by atoms with E-state index in [-0.39, 0.29) is 7.43 Å². The van der Waals surface area contributed by atoms with Gasteiger partial charge < -0.3 is 4.90 Å². The lowest BCUT2D eigenvalue weighted by Gasteiger charge is -2.32. The molecular formula is C34H39IN5P. The number of halogens is 1. The molecular weight excluding hydrogens is 636 g/mol. The van der Waals surface area contributed by atoms with E-state index >= 15 is 0 Å². The van der Waals surface area contributed by atoms with Gasteiger partial charge in [-0.3, -0.25) is 4.99 Å². The highest BCUT2D eigenvalue weighted by molar-refractivity contribution is 14.2. The molecule has 6 rings (SSSR count). The van der Waals surface area contributed by atoms with Crippen LogP contribution in [0.15, 0.2) is 77.9 Å². The summed E-state index contributed by atoms with van der Waals surface area (Å²) in [5.74, 6) is 0. The summed E-state index contributed by atoms with van der Waals surface area (Å²) in [6.07, 6.45) is 12.5. The van der Waals surface area contributed by atoms with Gasteiger partial charge in [0.05, 0.1) is 12.1 Å². The Morgan fingerprint density at radius 3 is 2.51 bits per heavy atom. The summed E-state index contributed by atoms with van der Waals surface area (Å²) in [5.41, 5.74) is 11.5. The van der Waals surface area contributed by atoms with Crippen LogP contribution in [0, 0.1) is 0 Å². The predicted octanol–water partition coefficient (Wildman–Crippen LogP) is 9.15. The second-order valence-corrected chi connectivity index (χ2v) is 12.8. The van der Waals surface area contributed by atoms with E-state index in [0.717, 1.165) is 51.1 Å². The van der Waals surface area contributed by atoms with Gasteiger partial charge in [0.1, 0.15) is 5.69 Å². The summed E-state index contributed by atoms with van der Waals surface area (Å²) >= 11 is 2.38. The molecule has 41 heavy (non-hydrogen) atoms. The van der Waals surface area contributed by atoms with E-state index in [1.807, 2.05) is 36.8 Å². The Kier molecular flexibility index (Phi) is 9.52. The first-order valence-electron chi connectivity index (χ1n) is 14.1. The maximum atomic E-state index is 4.99. The first kappa shape index (κ1) is 29.8. The number of likely N-dealkylation sites (tertiary alicyclic amines) is 1. The molecule has 2 atom stereocenters. The van der Waals surface area contributed by atoms with E-state index in [1.165, 1.54) is 55.5 Å². The van der Waals surface area contributed by atoms with Crippen LogP contribution < -0.4 is 0 Å². The minimum Gasteiger partial charge on any atom is -0.300 e. The standard InChI is InChI=1S/C33H35IN5P.CH4/c1-4-22(3)31(35-5-2)23-8-10-24(11-9-23)32-30-20-28(21-36-33(30)39(37-32)40-34)26-12-13-27-19-29(15-14-25(27)18-26)38-16-6-7-17-38;/h4-5,8-13,18,20-21,29,40H,1,6-7,14-17,19H2,2-3H3;1H4/b31-22-,35-5?;. The molecule has 4 aromatic rings. The Labute approximate surface area is 259 Å². The molecule has 3 heterocycles. The highest BCUT2D eigenvalue weighted by Gasteiger charge is 2.26. The molecule has 7 heteroatoms. The van der Waals surface area contributed by atoms with Crippen molar-refractivity contribution in [2.45, 2.75) is 59.4 Å². The van der Waals surface area contributed by atoms with Crippen molar-refractivity contribution in [1.29, 1.82) is 0 Å². The summed E-state index contributed by atoms with van der Waals surface area (Å²) in [6.45, 7) is 10.5. The van der Waals surface area contributed by atoms with Crippen LogP contribution in [0.3, 0.4) is 0 Å². The molecule has 0 saturated carbocycles. The van der Waals surface area contributed by atoms with E-state index in [0.29, 0.717) is 12.4 Å². The zero-order valence-corrected chi connectivity index (χ0v) is 26.4. The number of fused-ring (bicyclic) bond motifs is 2. The molecule has 0 bridgehead atoms. The maximum Gasteiger partial charge on any atom is 0.162 e. The molecule has 0 N–H and O–H groups in total. The molecule has 2 aromatic carbocycles. The van der Waals surface area contributed by atoms with Crippen molar-refractivity contribution in [1.82, 2.24) is 19.4 Å². The number of benzene rings is 2. The highest BCUT2D eigenvalue weighted by Crippen LogP contribution is 2.37. The number of hydrogen-bond donors (Lipinski definition) is 0. The first-order chi connectivity index (χ1) is 19.6. The molecule has 1 aliphatic carbocycles.